The molecule has 3 unspecified atom stereocenters. The van der Waals surface area contributed by atoms with Gasteiger partial charge in [-0.2, -0.15) is 0 Å². The zero-order valence-corrected chi connectivity index (χ0v) is 11.4. The molecule has 2 N–H and O–H groups in total. The molecular formula is C15H24N2O. The highest BCUT2D eigenvalue weighted by Crippen LogP contribution is 2.12. The SMILES string of the molecule is CC1CN(CC(N)Cc2ccccc2)C(C)CO1. The van der Waals surface area contributed by atoms with Gasteiger partial charge in [0.1, 0.15) is 0 Å². The summed E-state index contributed by atoms with van der Waals surface area (Å²) in [5.41, 5.74) is 7.58. The summed E-state index contributed by atoms with van der Waals surface area (Å²) in [5, 5.41) is 0. The molecule has 3 atom stereocenters. The lowest BCUT2D eigenvalue weighted by Crippen LogP contribution is -2.51. The van der Waals surface area contributed by atoms with E-state index < -0.39 is 0 Å². The Morgan fingerprint density at radius 3 is 2.78 bits per heavy atom. The molecule has 0 aliphatic carbocycles. The Morgan fingerprint density at radius 1 is 1.33 bits per heavy atom. The van der Waals surface area contributed by atoms with Crippen LogP contribution in [0.2, 0.25) is 0 Å². The van der Waals surface area contributed by atoms with E-state index in [0.29, 0.717) is 12.1 Å². The molecular weight excluding hydrogens is 224 g/mol. The van der Waals surface area contributed by atoms with E-state index in [4.69, 9.17) is 10.5 Å². The van der Waals surface area contributed by atoms with Gasteiger partial charge in [-0.05, 0) is 25.8 Å². The second kappa shape index (κ2) is 6.32. The lowest BCUT2D eigenvalue weighted by Gasteiger charge is -2.38. The predicted molar refractivity (Wildman–Crippen MR) is 74.6 cm³/mol. The van der Waals surface area contributed by atoms with E-state index in [9.17, 15) is 0 Å². The smallest absolute Gasteiger partial charge is 0.0674 e. The Labute approximate surface area is 110 Å². The molecule has 100 valence electrons. The third-order valence-corrected chi connectivity index (χ3v) is 3.55. The number of hydrogen-bond acceptors (Lipinski definition) is 3. The molecule has 1 aliphatic heterocycles. The molecule has 1 saturated heterocycles. The van der Waals surface area contributed by atoms with Crippen molar-refractivity contribution in [2.24, 2.45) is 5.73 Å². The van der Waals surface area contributed by atoms with Crippen molar-refractivity contribution in [2.75, 3.05) is 19.7 Å². The maximum absolute atomic E-state index is 6.26. The maximum Gasteiger partial charge on any atom is 0.0674 e. The topological polar surface area (TPSA) is 38.5 Å². The van der Waals surface area contributed by atoms with E-state index in [1.807, 2.05) is 6.07 Å². The van der Waals surface area contributed by atoms with Crippen molar-refractivity contribution in [3.8, 4) is 0 Å². The van der Waals surface area contributed by atoms with Gasteiger partial charge in [0.25, 0.3) is 0 Å². The molecule has 18 heavy (non-hydrogen) atoms. The van der Waals surface area contributed by atoms with Crippen LogP contribution in [-0.2, 0) is 11.2 Å². The van der Waals surface area contributed by atoms with Crippen LogP contribution in [0.1, 0.15) is 19.4 Å². The molecule has 1 aliphatic rings. The lowest BCUT2D eigenvalue weighted by atomic mass is 10.1. The van der Waals surface area contributed by atoms with Crippen LogP contribution in [0.15, 0.2) is 30.3 Å². The standard InChI is InChI=1S/C15H24N2O/c1-12-11-18-13(2)9-17(12)10-15(16)8-14-6-4-3-5-7-14/h3-7,12-13,15H,8-11,16H2,1-2H3. The summed E-state index contributed by atoms with van der Waals surface area (Å²) in [6, 6.07) is 11.1. The van der Waals surface area contributed by atoms with Crippen molar-refractivity contribution in [1.29, 1.82) is 0 Å². The van der Waals surface area contributed by atoms with Crippen molar-refractivity contribution in [3.63, 3.8) is 0 Å². The Balaban J connectivity index is 1.85. The third-order valence-electron chi connectivity index (χ3n) is 3.55. The molecule has 1 fully saturated rings. The summed E-state index contributed by atoms with van der Waals surface area (Å²) in [6.07, 6.45) is 1.27. The van der Waals surface area contributed by atoms with Crippen molar-refractivity contribution < 1.29 is 4.74 Å². The highest BCUT2D eigenvalue weighted by Gasteiger charge is 2.24. The van der Waals surface area contributed by atoms with E-state index in [1.165, 1.54) is 5.56 Å². The van der Waals surface area contributed by atoms with E-state index >= 15 is 0 Å². The highest BCUT2D eigenvalue weighted by molar-refractivity contribution is 5.15. The molecule has 3 heteroatoms. The molecule has 2 rings (SSSR count). The second-order valence-corrected chi connectivity index (χ2v) is 5.40. The van der Waals surface area contributed by atoms with Gasteiger partial charge in [0, 0.05) is 25.2 Å². The average Bonchev–Trinajstić information content (AvgIpc) is 2.35. The molecule has 0 aromatic heterocycles. The first-order chi connectivity index (χ1) is 8.65. The summed E-state index contributed by atoms with van der Waals surface area (Å²) in [6.45, 7) is 7.09. The Bertz CT molecular complexity index is 355. The number of hydrogen-bond donors (Lipinski definition) is 1. The van der Waals surface area contributed by atoms with Crippen LogP contribution >= 0.6 is 0 Å². The Kier molecular flexibility index (Phi) is 4.75. The largest absolute Gasteiger partial charge is 0.376 e. The van der Waals surface area contributed by atoms with E-state index in [-0.39, 0.29) is 6.04 Å². The molecule has 0 saturated carbocycles. The number of ether oxygens (including phenoxy) is 1. The number of morpholine rings is 1. The maximum atomic E-state index is 6.26. The monoisotopic (exact) mass is 248 g/mol. The van der Waals surface area contributed by atoms with Gasteiger partial charge in [0.05, 0.1) is 12.7 Å². The lowest BCUT2D eigenvalue weighted by molar-refractivity contribution is -0.0508. The quantitative estimate of drug-likeness (QED) is 0.881. The average molecular weight is 248 g/mol. The number of nitrogens with two attached hydrogens (primary N) is 1. The van der Waals surface area contributed by atoms with Gasteiger partial charge >= 0.3 is 0 Å². The van der Waals surface area contributed by atoms with Crippen LogP contribution < -0.4 is 5.73 Å². The first kappa shape index (κ1) is 13.5. The van der Waals surface area contributed by atoms with E-state index in [1.54, 1.807) is 0 Å². The molecule has 0 spiro atoms. The van der Waals surface area contributed by atoms with E-state index in [0.717, 1.165) is 26.1 Å². The van der Waals surface area contributed by atoms with Crippen LogP contribution in [-0.4, -0.2) is 42.8 Å². The normalized spacial score (nSPS) is 27.1. The first-order valence-corrected chi connectivity index (χ1v) is 6.80. The molecule has 3 nitrogen and oxygen atoms in total. The van der Waals surface area contributed by atoms with Crippen LogP contribution in [0.3, 0.4) is 0 Å². The minimum absolute atomic E-state index is 0.195. The van der Waals surface area contributed by atoms with E-state index in [2.05, 4.69) is 43.0 Å². The summed E-state index contributed by atoms with van der Waals surface area (Å²) in [5.74, 6) is 0. The summed E-state index contributed by atoms with van der Waals surface area (Å²) in [4.78, 5) is 2.45. The molecule has 0 radical (unpaired) electrons. The van der Waals surface area contributed by atoms with Crippen LogP contribution in [0.25, 0.3) is 0 Å². The minimum atomic E-state index is 0.195. The zero-order chi connectivity index (χ0) is 13.0. The second-order valence-electron chi connectivity index (χ2n) is 5.40. The molecule has 0 amide bonds. The van der Waals surface area contributed by atoms with Crippen molar-refractivity contribution in [3.05, 3.63) is 35.9 Å². The molecule has 1 heterocycles. The fourth-order valence-corrected chi connectivity index (χ4v) is 2.51. The van der Waals surface area contributed by atoms with Gasteiger partial charge < -0.3 is 10.5 Å². The van der Waals surface area contributed by atoms with Gasteiger partial charge in [0.2, 0.25) is 0 Å². The van der Waals surface area contributed by atoms with Gasteiger partial charge in [-0.1, -0.05) is 30.3 Å². The summed E-state index contributed by atoms with van der Waals surface area (Å²) >= 11 is 0. The molecule has 1 aromatic rings. The van der Waals surface area contributed by atoms with Crippen LogP contribution in [0, 0.1) is 0 Å². The van der Waals surface area contributed by atoms with Crippen molar-refractivity contribution in [2.45, 2.75) is 38.5 Å². The summed E-state index contributed by atoms with van der Waals surface area (Å²) < 4.78 is 5.64. The molecule has 1 aromatic carbocycles. The van der Waals surface area contributed by atoms with Gasteiger partial charge in [-0.25, -0.2) is 0 Å². The zero-order valence-electron chi connectivity index (χ0n) is 11.4. The third kappa shape index (κ3) is 3.80. The van der Waals surface area contributed by atoms with Crippen LogP contribution in [0.5, 0.6) is 0 Å². The fraction of sp³-hybridized carbons (Fsp3) is 0.600. The predicted octanol–water partition coefficient (Wildman–Crippen LogP) is 1.67. The minimum Gasteiger partial charge on any atom is -0.376 e. The Morgan fingerprint density at radius 2 is 2.06 bits per heavy atom. The fourth-order valence-electron chi connectivity index (χ4n) is 2.51. The molecule has 0 bridgehead atoms. The Hall–Kier alpha value is -0.900. The van der Waals surface area contributed by atoms with Gasteiger partial charge in [-0.15, -0.1) is 0 Å². The van der Waals surface area contributed by atoms with Crippen molar-refractivity contribution >= 4 is 0 Å². The van der Waals surface area contributed by atoms with Gasteiger partial charge in [0.15, 0.2) is 0 Å². The van der Waals surface area contributed by atoms with Crippen LogP contribution in [0.4, 0.5) is 0 Å². The van der Waals surface area contributed by atoms with Gasteiger partial charge in [-0.3, -0.25) is 4.90 Å². The van der Waals surface area contributed by atoms with Crippen molar-refractivity contribution in [1.82, 2.24) is 4.90 Å². The first-order valence-electron chi connectivity index (χ1n) is 6.80. The number of rotatable bonds is 4. The summed E-state index contributed by atoms with van der Waals surface area (Å²) in [7, 11) is 0. The highest BCUT2D eigenvalue weighted by atomic mass is 16.5. The number of nitrogens with zero attached hydrogens (tertiary/aromatic N) is 1. The number of benzene rings is 1.